The van der Waals surface area contributed by atoms with Crippen LogP contribution in [0.15, 0.2) is 0 Å². The predicted octanol–water partition coefficient (Wildman–Crippen LogP) is 1.24. The van der Waals surface area contributed by atoms with Gasteiger partial charge in [-0.1, -0.05) is 0 Å². The summed E-state index contributed by atoms with van der Waals surface area (Å²) in [6.45, 7) is 11.2. The van der Waals surface area contributed by atoms with Crippen LogP contribution in [-0.4, -0.2) is 48.8 Å². The van der Waals surface area contributed by atoms with Gasteiger partial charge in [-0.2, -0.15) is 0 Å². The summed E-state index contributed by atoms with van der Waals surface area (Å²) in [6, 6.07) is 0. The van der Waals surface area contributed by atoms with Gasteiger partial charge in [0.05, 0.1) is 12.2 Å². The minimum absolute atomic E-state index is 0.310. The molecular weight excluding hydrogens is 188 g/mol. The zero-order valence-electron chi connectivity index (χ0n) is 10.3. The molecular formula is C12H24N2O. The van der Waals surface area contributed by atoms with Gasteiger partial charge in [0.1, 0.15) is 0 Å². The number of hydrogen-bond donors (Lipinski definition) is 1. The Balaban J connectivity index is 1.67. The van der Waals surface area contributed by atoms with Crippen LogP contribution in [-0.2, 0) is 4.74 Å². The van der Waals surface area contributed by atoms with Gasteiger partial charge >= 0.3 is 0 Å². The normalized spacial score (nSPS) is 30.2. The Kier molecular flexibility index (Phi) is 3.33. The number of piperidine rings is 1. The van der Waals surface area contributed by atoms with Gasteiger partial charge in [0.25, 0.3) is 0 Å². The van der Waals surface area contributed by atoms with Crippen LogP contribution in [0.2, 0.25) is 0 Å². The standard InChI is InChI=1S/C12H24N2O/c1-12(2,3)14-8-11(9-14)15-10-5-4-6-13-7-10/h10-11,13H,4-9H2,1-3H3. The molecule has 0 aliphatic carbocycles. The van der Waals surface area contributed by atoms with Crippen molar-refractivity contribution in [3.05, 3.63) is 0 Å². The first kappa shape index (κ1) is 11.4. The average Bonchev–Trinajstić information content (AvgIpc) is 2.10. The van der Waals surface area contributed by atoms with E-state index in [2.05, 4.69) is 31.0 Å². The fourth-order valence-corrected chi connectivity index (χ4v) is 2.28. The first-order valence-corrected chi connectivity index (χ1v) is 6.17. The molecule has 1 N–H and O–H groups in total. The van der Waals surface area contributed by atoms with Gasteiger partial charge < -0.3 is 10.1 Å². The highest BCUT2D eigenvalue weighted by atomic mass is 16.5. The second-order valence-electron chi connectivity index (χ2n) is 5.80. The average molecular weight is 212 g/mol. The van der Waals surface area contributed by atoms with Crippen LogP contribution < -0.4 is 5.32 Å². The number of likely N-dealkylation sites (tertiary alicyclic amines) is 1. The molecule has 2 aliphatic rings. The van der Waals surface area contributed by atoms with Crippen molar-refractivity contribution in [3.8, 4) is 0 Å². The highest BCUT2D eigenvalue weighted by Gasteiger charge is 2.36. The SMILES string of the molecule is CC(C)(C)N1CC(OC2CCCNC2)C1. The molecule has 3 heteroatoms. The maximum atomic E-state index is 6.05. The topological polar surface area (TPSA) is 24.5 Å². The van der Waals surface area contributed by atoms with E-state index in [1.54, 1.807) is 0 Å². The number of hydrogen-bond acceptors (Lipinski definition) is 3. The summed E-state index contributed by atoms with van der Waals surface area (Å²) in [5.41, 5.74) is 0.310. The van der Waals surface area contributed by atoms with Crippen LogP contribution in [0, 0.1) is 0 Å². The molecule has 1 atom stereocenters. The zero-order chi connectivity index (χ0) is 10.9. The molecule has 2 heterocycles. The van der Waals surface area contributed by atoms with E-state index in [1.807, 2.05) is 0 Å². The summed E-state index contributed by atoms with van der Waals surface area (Å²) in [5.74, 6) is 0. The largest absolute Gasteiger partial charge is 0.371 e. The lowest BCUT2D eigenvalue weighted by Crippen LogP contribution is -2.60. The molecule has 2 aliphatic heterocycles. The Morgan fingerprint density at radius 2 is 1.93 bits per heavy atom. The van der Waals surface area contributed by atoms with Crippen LogP contribution >= 0.6 is 0 Å². The van der Waals surface area contributed by atoms with Crippen molar-refractivity contribution in [2.75, 3.05) is 26.2 Å². The summed E-state index contributed by atoms with van der Waals surface area (Å²) in [7, 11) is 0. The van der Waals surface area contributed by atoms with Gasteiger partial charge in [0.15, 0.2) is 0 Å². The minimum Gasteiger partial charge on any atom is -0.371 e. The van der Waals surface area contributed by atoms with E-state index in [1.165, 1.54) is 19.4 Å². The van der Waals surface area contributed by atoms with Crippen LogP contribution in [0.1, 0.15) is 33.6 Å². The molecule has 0 radical (unpaired) electrons. The molecule has 0 aromatic rings. The van der Waals surface area contributed by atoms with E-state index < -0.39 is 0 Å². The molecule has 2 fully saturated rings. The highest BCUT2D eigenvalue weighted by Crippen LogP contribution is 2.24. The zero-order valence-corrected chi connectivity index (χ0v) is 10.3. The van der Waals surface area contributed by atoms with Crippen molar-refractivity contribution < 1.29 is 4.74 Å². The Morgan fingerprint density at radius 1 is 1.20 bits per heavy atom. The van der Waals surface area contributed by atoms with E-state index in [-0.39, 0.29) is 0 Å². The van der Waals surface area contributed by atoms with Gasteiger partial charge in [-0.3, -0.25) is 4.90 Å². The van der Waals surface area contributed by atoms with Gasteiger partial charge in [0.2, 0.25) is 0 Å². The molecule has 88 valence electrons. The summed E-state index contributed by atoms with van der Waals surface area (Å²) >= 11 is 0. The Bertz CT molecular complexity index is 200. The van der Waals surface area contributed by atoms with Crippen molar-refractivity contribution in [2.45, 2.75) is 51.4 Å². The molecule has 0 aromatic carbocycles. The van der Waals surface area contributed by atoms with E-state index in [4.69, 9.17) is 4.74 Å². The van der Waals surface area contributed by atoms with E-state index in [0.717, 1.165) is 19.6 Å². The summed E-state index contributed by atoms with van der Waals surface area (Å²) < 4.78 is 6.05. The fourth-order valence-electron chi connectivity index (χ4n) is 2.28. The van der Waals surface area contributed by atoms with Gasteiger partial charge in [-0.05, 0) is 40.2 Å². The maximum absolute atomic E-state index is 6.05. The Morgan fingerprint density at radius 3 is 2.47 bits per heavy atom. The van der Waals surface area contributed by atoms with Crippen molar-refractivity contribution in [3.63, 3.8) is 0 Å². The summed E-state index contributed by atoms with van der Waals surface area (Å²) in [4.78, 5) is 2.48. The number of ether oxygens (including phenoxy) is 1. The third-order valence-electron chi connectivity index (χ3n) is 3.43. The van der Waals surface area contributed by atoms with Crippen molar-refractivity contribution in [1.29, 1.82) is 0 Å². The minimum atomic E-state index is 0.310. The second-order valence-corrected chi connectivity index (χ2v) is 5.80. The van der Waals surface area contributed by atoms with Gasteiger partial charge in [-0.15, -0.1) is 0 Å². The molecule has 0 saturated carbocycles. The van der Waals surface area contributed by atoms with Crippen LogP contribution in [0.3, 0.4) is 0 Å². The molecule has 15 heavy (non-hydrogen) atoms. The van der Waals surface area contributed by atoms with Crippen molar-refractivity contribution >= 4 is 0 Å². The lowest BCUT2D eigenvalue weighted by atomic mass is 9.99. The molecule has 3 nitrogen and oxygen atoms in total. The second kappa shape index (κ2) is 4.40. The van der Waals surface area contributed by atoms with Crippen molar-refractivity contribution in [1.82, 2.24) is 10.2 Å². The summed E-state index contributed by atoms with van der Waals surface area (Å²) in [5, 5.41) is 3.39. The quantitative estimate of drug-likeness (QED) is 0.745. The fraction of sp³-hybridized carbons (Fsp3) is 1.00. The lowest BCUT2D eigenvalue weighted by molar-refractivity contribution is -0.121. The Hall–Kier alpha value is -0.120. The van der Waals surface area contributed by atoms with Crippen LogP contribution in [0.4, 0.5) is 0 Å². The molecule has 0 bridgehead atoms. The Labute approximate surface area is 93.2 Å². The summed E-state index contributed by atoms with van der Waals surface area (Å²) in [6.07, 6.45) is 3.44. The molecule has 1 unspecified atom stereocenters. The highest BCUT2D eigenvalue weighted by molar-refractivity contribution is 4.90. The first-order chi connectivity index (χ1) is 7.05. The maximum Gasteiger partial charge on any atom is 0.0833 e. The molecule has 0 amide bonds. The van der Waals surface area contributed by atoms with E-state index >= 15 is 0 Å². The van der Waals surface area contributed by atoms with E-state index in [0.29, 0.717) is 17.7 Å². The molecule has 2 saturated heterocycles. The monoisotopic (exact) mass is 212 g/mol. The van der Waals surface area contributed by atoms with E-state index in [9.17, 15) is 0 Å². The van der Waals surface area contributed by atoms with Crippen LogP contribution in [0.5, 0.6) is 0 Å². The molecule has 0 spiro atoms. The lowest BCUT2D eigenvalue weighted by Gasteiger charge is -2.48. The molecule has 2 rings (SSSR count). The van der Waals surface area contributed by atoms with Crippen molar-refractivity contribution in [2.24, 2.45) is 0 Å². The predicted molar refractivity (Wildman–Crippen MR) is 62.1 cm³/mol. The number of nitrogens with one attached hydrogen (secondary N) is 1. The third-order valence-corrected chi connectivity index (χ3v) is 3.43. The molecule has 0 aromatic heterocycles. The number of rotatable bonds is 2. The first-order valence-electron chi connectivity index (χ1n) is 6.17. The third kappa shape index (κ3) is 2.92. The van der Waals surface area contributed by atoms with Crippen LogP contribution in [0.25, 0.3) is 0 Å². The number of nitrogens with zero attached hydrogens (tertiary/aromatic N) is 1. The smallest absolute Gasteiger partial charge is 0.0833 e. The van der Waals surface area contributed by atoms with Gasteiger partial charge in [0, 0.05) is 25.2 Å². The van der Waals surface area contributed by atoms with Gasteiger partial charge in [-0.25, -0.2) is 0 Å².